The van der Waals surface area contributed by atoms with Gasteiger partial charge < -0.3 is 16.4 Å². The van der Waals surface area contributed by atoms with Crippen LogP contribution in [0, 0.1) is 9.39 Å². The highest BCUT2D eigenvalue weighted by molar-refractivity contribution is 14.1. The number of nitrogens with zero attached hydrogens (tertiary/aromatic N) is 4. The molecule has 0 aliphatic carbocycles. The second-order valence-electron chi connectivity index (χ2n) is 7.87. The molecular formula is C23H21FIN7O. The molecule has 3 aromatic heterocycles. The molecule has 4 aromatic rings. The Bertz CT molecular complexity index is 1340. The number of hydrogen-bond donors (Lipinski definition) is 3. The molecule has 33 heavy (non-hydrogen) atoms. The van der Waals surface area contributed by atoms with E-state index in [1.807, 2.05) is 4.68 Å². The first-order valence-electron chi connectivity index (χ1n) is 10.6. The Hall–Kier alpha value is -3.12. The Morgan fingerprint density at radius 2 is 2.15 bits per heavy atom. The second-order valence-corrected chi connectivity index (χ2v) is 9.03. The molecule has 168 valence electrons. The van der Waals surface area contributed by atoms with Gasteiger partial charge >= 0.3 is 0 Å². The number of carbonyl (C=O) groups excluding carboxylic acids is 1. The first kappa shape index (κ1) is 21.7. The van der Waals surface area contributed by atoms with Crippen molar-refractivity contribution < 1.29 is 9.18 Å². The lowest BCUT2D eigenvalue weighted by molar-refractivity contribution is 0.102. The van der Waals surface area contributed by atoms with E-state index < -0.39 is 11.7 Å². The largest absolute Gasteiger partial charge is 0.383 e. The summed E-state index contributed by atoms with van der Waals surface area (Å²) in [6.45, 7) is 1.75. The molecule has 0 radical (unpaired) electrons. The summed E-state index contributed by atoms with van der Waals surface area (Å²) in [4.78, 5) is 20.9. The third kappa shape index (κ3) is 4.15. The maximum Gasteiger partial charge on any atom is 0.256 e. The highest BCUT2D eigenvalue weighted by Gasteiger charge is 2.26. The van der Waals surface area contributed by atoms with E-state index in [2.05, 4.69) is 43.2 Å². The summed E-state index contributed by atoms with van der Waals surface area (Å²) in [6.07, 6.45) is 5.28. The number of nitrogen functional groups attached to an aromatic ring is 1. The summed E-state index contributed by atoms with van der Waals surface area (Å²) >= 11 is 2.21. The van der Waals surface area contributed by atoms with Gasteiger partial charge in [0, 0.05) is 30.1 Å². The molecule has 4 N–H and O–H groups in total. The molecule has 1 aliphatic heterocycles. The molecule has 8 nitrogen and oxygen atoms in total. The molecule has 0 spiro atoms. The number of aromatic nitrogens is 4. The van der Waals surface area contributed by atoms with Crippen LogP contribution < -0.4 is 16.4 Å². The molecule has 1 aromatic carbocycles. The van der Waals surface area contributed by atoms with Crippen molar-refractivity contribution in [2.45, 2.75) is 18.9 Å². The second kappa shape index (κ2) is 9.02. The zero-order valence-electron chi connectivity index (χ0n) is 17.6. The Kier molecular flexibility index (Phi) is 5.94. The Morgan fingerprint density at radius 3 is 2.88 bits per heavy atom. The van der Waals surface area contributed by atoms with Gasteiger partial charge in [-0.1, -0.05) is 6.07 Å². The van der Waals surface area contributed by atoms with Crippen molar-refractivity contribution in [3.8, 4) is 11.3 Å². The van der Waals surface area contributed by atoms with Crippen molar-refractivity contribution in [3.05, 3.63) is 63.7 Å². The van der Waals surface area contributed by atoms with E-state index in [9.17, 15) is 4.79 Å². The molecule has 0 saturated carbocycles. The summed E-state index contributed by atoms with van der Waals surface area (Å²) in [5, 5.41) is 11.5. The number of halogens is 2. The van der Waals surface area contributed by atoms with Gasteiger partial charge in [0.1, 0.15) is 23.1 Å². The maximum absolute atomic E-state index is 15.3. The first-order valence-corrected chi connectivity index (χ1v) is 11.7. The highest BCUT2D eigenvalue weighted by Crippen LogP contribution is 2.37. The van der Waals surface area contributed by atoms with Crippen molar-refractivity contribution in [1.82, 2.24) is 25.1 Å². The van der Waals surface area contributed by atoms with Gasteiger partial charge in [-0.2, -0.15) is 5.10 Å². The molecule has 4 heterocycles. The van der Waals surface area contributed by atoms with E-state index >= 15 is 4.39 Å². The zero-order valence-corrected chi connectivity index (χ0v) is 19.7. The Morgan fingerprint density at radius 1 is 1.27 bits per heavy atom. The van der Waals surface area contributed by atoms with E-state index in [0.29, 0.717) is 22.7 Å². The van der Waals surface area contributed by atoms with Crippen LogP contribution in [0.3, 0.4) is 0 Å². The fraction of sp³-hybridized carbons (Fsp3) is 0.217. The number of piperidine rings is 1. The van der Waals surface area contributed by atoms with E-state index in [-0.39, 0.29) is 17.2 Å². The van der Waals surface area contributed by atoms with Crippen LogP contribution in [-0.2, 0) is 0 Å². The SMILES string of the molecule is Nc1ncc(I)c2c1c(-c1ccc(C(=O)Nc3ccccn3)cc1F)nn2C1CCCNC1. The molecule has 5 rings (SSSR count). The van der Waals surface area contributed by atoms with Crippen molar-refractivity contribution >= 4 is 51.0 Å². The van der Waals surface area contributed by atoms with Gasteiger partial charge in [0.2, 0.25) is 0 Å². The molecule has 1 amide bonds. The number of rotatable bonds is 4. The van der Waals surface area contributed by atoms with Crippen LogP contribution in [0.1, 0.15) is 29.2 Å². The number of hydrogen-bond acceptors (Lipinski definition) is 6. The van der Waals surface area contributed by atoms with E-state index in [0.717, 1.165) is 35.0 Å². The van der Waals surface area contributed by atoms with Crippen molar-refractivity contribution in [2.24, 2.45) is 0 Å². The summed E-state index contributed by atoms with van der Waals surface area (Å²) in [6, 6.07) is 9.65. The topological polar surface area (TPSA) is 111 Å². The van der Waals surface area contributed by atoms with Gasteiger partial charge in [0.05, 0.1) is 20.5 Å². The molecular weight excluding hydrogens is 536 g/mol. The lowest BCUT2D eigenvalue weighted by atomic mass is 10.0. The van der Waals surface area contributed by atoms with Gasteiger partial charge in [0.25, 0.3) is 5.91 Å². The standard InChI is InChI=1S/C23H21FIN7O/c24-16-10-13(23(33)30-18-5-1-2-9-28-18)6-7-15(16)20-19-21(17(25)12-29-22(19)26)32(31-20)14-4-3-8-27-11-14/h1-2,5-7,9-10,12,14,27H,3-4,8,11H2,(H2,26,29)(H,28,30,33). The lowest BCUT2D eigenvalue weighted by Gasteiger charge is -2.24. The van der Waals surface area contributed by atoms with E-state index in [1.54, 1.807) is 42.7 Å². The predicted molar refractivity (Wildman–Crippen MR) is 133 cm³/mol. The molecule has 1 atom stereocenters. The van der Waals surface area contributed by atoms with Crippen LogP contribution in [0.25, 0.3) is 22.2 Å². The number of fused-ring (bicyclic) bond motifs is 1. The van der Waals surface area contributed by atoms with E-state index in [1.165, 1.54) is 6.07 Å². The van der Waals surface area contributed by atoms with Crippen LogP contribution in [0.5, 0.6) is 0 Å². The molecule has 1 saturated heterocycles. The third-order valence-corrected chi connectivity index (χ3v) is 6.51. The van der Waals surface area contributed by atoms with Crippen LogP contribution in [-0.4, -0.2) is 38.7 Å². The summed E-state index contributed by atoms with van der Waals surface area (Å²) in [7, 11) is 0. The zero-order chi connectivity index (χ0) is 22.9. The number of nitrogens with one attached hydrogen (secondary N) is 2. The molecule has 1 fully saturated rings. The van der Waals surface area contributed by atoms with Gasteiger partial charge in [-0.15, -0.1) is 0 Å². The highest BCUT2D eigenvalue weighted by atomic mass is 127. The van der Waals surface area contributed by atoms with Crippen LogP contribution in [0.4, 0.5) is 16.0 Å². The fourth-order valence-corrected chi connectivity index (χ4v) is 4.78. The van der Waals surface area contributed by atoms with Gasteiger partial charge in [0.15, 0.2) is 0 Å². The predicted octanol–water partition coefficient (Wildman–Crippen LogP) is 4.00. The van der Waals surface area contributed by atoms with Crippen molar-refractivity contribution in [3.63, 3.8) is 0 Å². The van der Waals surface area contributed by atoms with Crippen molar-refractivity contribution in [2.75, 3.05) is 24.1 Å². The van der Waals surface area contributed by atoms with Gasteiger partial charge in [-0.25, -0.2) is 14.4 Å². The molecule has 1 aliphatic rings. The quantitative estimate of drug-likeness (QED) is 0.328. The minimum Gasteiger partial charge on any atom is -0.383 e. The number of carbonyl (C=O) groups is 1. The lowest BCUT2D eigenvalue weighted by Crippen LogP contribution is -2.32. The monoisotopic (exact) mass is 557 g/mol. The smallest absolute Gasteiger partial charge is 0.256 e. The number of benzene rings is 1. The van der Waals surface area contributed by atoms with Crippen molar-refractivity contribution in [1.29, 1.82) is 0 Å². The van der Waals surface area contributed by atoms with Crippen LogP contribution in [0.15, 0.2) is 48.8 Å². The van der Waals surface area contributed by atoms with E-state index in [4.69, 9.17) is 10.8 Å². The van der Waals surface area contributed by atoms with Crippen LogP contribution >= 0.6 is 22.6 Å². The normalized spacial score (nSPS) is 16.1. The van der Waals surface area contributed by atoms with Gasteiger partial charge in [-0.05, 0) is 72.3 Å². The maximum atomic E-state index is 15.3. The third-order valence-electron chi connectivity index (χ3n) is 5.72. The molecule has 10 heteroatoms. The molecule has 1 unspecified atom stereocenters. The fourth-order valence-electron chi connectivity index (χ4n) is 4.13. The minimum atomic E-state index is -0.560. The summed E-state index contributed by atoms with van der Waals surface area (Å²) < 4.78 is 18.2. The Labute approximate surface area is 202 Å². The number of nitrogens with two attached hydrogens (primary N) is 1. The number of anilines is 2. The first-order chi connectivity index (χ1) is 16.0. The van der Waals surface area contributed by atoms with Gasteiger partial charge in [-0.3, -0.25) is 9.48 Å². The number of amides is 1. The molecule has 0 bridgehead atoms. The summed E-state index contributed by atoms with van der Waals surface area (Å²) in [5.74, 6) is -0.313. The summed E-state index contributed by atoms with van der Waals surface area (Å²) in [5.41, 5.74) is 7.97. The Balaban J connectivity index is 1.56. The average Bonchev–Trinajstić information content (AvgIpc) is 3.24. The number of pyridine rings is 2. The minimum absolute atomic E-state index is 0.136. The van der Waals surface area contributed by atoms with Crippen LogP contribution in [0.2, 0.25) is 0 Å². The average molecular weight is 557 g/mol.